The van der Waals surface area contributed by atoms with E-state index < -0.39 is 4.92 Å². The first-order valence-electron chi connectivity index (χ1n) is 5.27. The number of hydrogen-bond donors (Lipinski definition) is 1. The molecule has 0 unspecified atom stereocenters. The second-order valence-electron chi connectivity index (χ2n) is 3.73. The number of rotatable bonds is 4. The maximum Gasteiger partial charge on any atom is 0.392 e. The van der Waals surface area contributed by atoms with Crippen molar-refractivity contribution in [3.63, 3.8) is 0 Å². The normalized spacial score (nSPS) is 10.3. The van der Waals surface area contributed by atoms with Crippen molar-refractivity contribution in [3.05, 3.63) is 40.0 Å². The largest absolute Gasteiger partial charge is 0.392 e. The van der Waals surface area contributed by atoms with Crippen LogP contribution in [0.2, 0.25) is 0 Å². The molecule has 8 heteroatoms. The standard InChI is InChI=1S/C10H12N6O2/c1-7-5-15(14-10(7)16(17)18)6-8-3-13-9(11-2)4-12-8/h3-5H,6H2,1-2H3,(H,11,13). The molecule has 0 atom stereocenters. The monoisotopic (exact) mass is 248 g/mol. The lowest BCUT2D eigenvalue weighted by Gasteiger charge is -2.00. The summed E-state index contributed by atoms with van der Waals surface area (Å²) in [5.74, 6) is 0.538. The van der Waals surface area contributed by atoms with Crippen LogP contribution in [0.15, 0.2) is 18.6 Å². The summed E-state index contributed by atoms with van der Waals surface area (Å²) in [6, 6.07) is 0. The summed E-state index contributed by atoms with van der Waals surface area (Å²) < 4.78 is 1.48. The van der Waals surface area contributed by atoms with E-state index in [-0.39, 0.29) is 5.82 Å². The molecule has 0 saturated heterocycles. The number of nitrogens with zero attached hydrogens (tertiary/aromatic N) is 5. The van der Waals surface area contributed by atoms with Gasteiger partial charge in [0.2, 0.25) is 0 Å². The predicted octanol–water partition coefficient (Wildman–Crippen LogP) is 0.980. The van der Waals surface area contributed by atoms with Crippen molar-refractivity contribution in [1.82, 2.24) is 19.7 Å². The van der Waals surface area contributed by atoms with Crippen molar-refractivity contribution in [1.29, 1.82) is 0 Å². The Hall–Kier alpha value is -2.51. The molecule has 1 N–H and O–H groups in total. The maximum absolute atomic E-state index is 10.7. The Morgan fingerprint density at radius 2 is 2.22 bits per heavy atom. The molecule has 2 aromatic rings. The summed E-state index contributed by atoms with van der Waals surface area (Å²) in [7, 11) is 1.75. The van der Waals surface area contributed by atoms with E-state index in [9.17, 15) is 10.1 Å². The molecule has 0 amide bonds. The molecule has 94 valence electrons. The van der Waals surface area contributed by atoms with Gasteiger partial charge in [-0.1, -0.05) is 0 Å². The van der Waals surface area contributed by atoms with E-state index in [0.717, 1.165) is 0 Å². The highest BCUT2D eigenvalue weighted by Gasteiger charge is 2.17. The van der Waals surface area contributed by atoms with Gasteiger partial charge in [0, 0.05) is 7.05 Å². The van der Waals surface area contributed by atoms with Gasteiger partial charge in [-0.05, 0) is 11.8 Å². The van der Waals surface area contributed by atoms with Crippen LogP contribution in [-0.2, 0) is 6.54 Å². The van der Waals surface area contributed by atoms with Gasteiger partial charge in [-0.3, -0.25) is 4.98 Å². The van der Waals surface area contributed by atoms with Crippen LogP contribution in [-0.4, -0.2) is 31.7 Å². The third kappa shape index (κ3) is 2.42. The highest BCUT2D eigenvalue weighted by Crippen LogP contribution is 2.14. The lowest BCUT2D eigenvalue weighted by molar-refractivity contribution is -0.390. The molecular formula is C10H12N6O2. The van der Waals surface area contributed by atoms with Gasteiger partial charge in [-0.2, -0.15) is 4.68 Å². The molecule has 0 saturated carbocycles. The highest BCUT2D eigenvalue weighted by atomic mass is 16.6. The lowest BCUT2D eigenvalue weighted by Crippen LogP contribution is -2.04. The quantitative estimate of drug-likeness (QED) is 0.639. The maximum atomic E-state index is 10.7. The smallest absolute Gasteiger partial charge is 0.372 e. The van der Waals surface area contributed by atoms with E-state index in [4.69, 9.17) is 0 Å². The van der Waals surface area contributed by atoms with Gasteiger partial charge in [0.05, 0.1) is 34.9 Å². The molecule has 0 radical (unpaired) electrons. The van der Waals surface area contributed by atoms with Gasteiger partial charge in [-0.15, -0.1) is 0 Å². The van der Waals surface area contributed by atoms with Crippen molar-refractivity contribution in [2.75, 3.05) is 12.4 Å². The van der Waals surface area contributed by atoms with Gasteiger partial charge < -0.3 is 15.4 Å². The average molecular weight is 248 g/mol. The van der Waals surface area contributed by atoms with Gasteiger partial charge in [-0.25, -0.2) is 4.98 Å². The first-order valence-corrected chi connectivity index (χ1v) is 5.27. The number of hydrogen-bond acceptors (Lipinski definition) is 6. The highest BCUT2D eigenvalue weighted by molar-refractivity contribution is 5.30. The van der Waals surface area contributed by atoms with Crippen LogP contribution >= 0.6 is 0 Å². The number of aryl methyl sites for hydroxylation is 1. The Morgan fingerprint density at radius 3 is 2.72 bits per heavy atom. The minimum Gasteiger partial charge on any atom is -0.372 e. The zero-order chi connectivity index (χ0) is 13.1. The van der Waals surface area contributed by atoms with Gasteiger partial charge in [0.25, 0.3) is 0 Å². The zero-order valence-corrected chi connectivity index (χ0v) is 9.99. The van der Waals surface area contributed by atoms with E-state index >= 15 is 0 Å². The number of anilines is 1. The van der Waals surface area contributed by atoms with Crippen LogP contribution in [0.3, 0.4) is 0 Å². The molecule has 0 aromatic carbocycles. The Morgan fingerprint density at radius 1 is 1.44 bits per heavy atom. The first-order chi connectivity index (χ1) is 8.60. The molecule has 0 fully saturated rings. The molecule has 2 aromatic heterocycles. The van der Waals surface area contributed by atoms with Crippen LogP contribution in [0.25, 0.3) is 0 Å². The SMILES string of the molecule is CNc1cnc(Cn2cc(C)c([N+](=O)[O-])n2)cn1. The molecule has 0 aliphatic heterocycles. The fourth-order valence-corrected chi connectivity index (χ4v) is 1.50. The molecule has 0 spiro atoms. The summed E-state index contributed by atoms with van der Waals surface area (Å²) in [5.41, 5.74) is 1.21. The minimum absolute atomic E-state index is 0.130. The second-order valence-corrected chi connectivity index (χ2v) is 3.73. The lowest BCUT2D eigenvalue weighted by atomic mass is 10.4. The fraction of sp³-hybridized carbons (Fsp3) is 0.300. The fourth-order valence-electron chi connectivity index (χ4n) is 1.50. The van der Waals surface area contributed by atoms with E-state index in [0.29, 0.717) is 23.6 Å². The van der Waals surface area contributed by atoms with Crippen LogP contribution in [0, 0.1) is 17.0 Å². The van der Waals surface area contributed by atoms with Crippen molar-refractivity contribution in [2.45, 2.75) is 13.5 Å². The van der Waals surface area contributed by atoms with Crippen LogP contribution in [0.4, 0.5) is 11.6 Å². The average Bonchev–Trinajstić information content (AvgIpc) is 2.71. The Kier molecular flexibility index (Phi) is 3.18. The third-order valence-electron chi connectivity index (χ3n) is 2.38. The number of nitro groups is 1. The van der Waals surface area contributed by atoms with Crippen molar-refractivity contribution >= 4 is 11.6 Å². The Labute approximate surface area is 103 Å². The second kappa shape index (κ2) is 4.78. The van der Waals surface area contributed by atoms with Crippen molar-refractivity contribution in [2.24, 2.45) is 0 Å². The number of aromatic nitrogens is 4. The van der Waals surface area contributed by atoms with Crippen LogP contribution in [0.1, 0.15) is 11.3 Å². The van der Waals surface area contributed by atoms with Gasteiger partial charge in [0.1, 0.15) is 12.4 Å². The minimum atomic E-state index is -0.498. The summed E-state index contributed by atoms with van der Waals surface area (Å²) in [6.07, 6.45) is 4.82. The summed E-state index contributed by atoms with van der Waals surface area (Å²) in [4.78, 5) is 18.4. The molecular weight excluding hydrogens is 236 g/mol. The molecule has 2 rings (SSSR count). The molecule has 2 heterocycles. The first kappa shape index (κ1) is 12.0. The summed E-state index contributed by atoms with van der Waals surface area (Å²) in [6.45, 7) is 2.00. The Bertz CT molecular complexity index is 562. The van der Waals surface area contributed by atoms with E-state index in [1.54, 1.807) is 32.6 Å². The number of nitrogens with one attached hydrogen (secondary N) is 1. The van der Waals surface area contributed by atoms with E-state index in [1.807, 2.05) is 0 Å². The summed E-state index contributed by atoms with van der Waals surface area (Å²) >= 11 is 0. The molecule has 0 aliphatic rings. The van der Waals surface area contributed by atoms with E-state index in [2.05, 4.69) is 20.4 Å². The van der Waals surface area contributed by atoms with Gasteiger partial charge in [0.15, 0.2) is 0 Å². The summed E-state index contributed by atoms with van der Waals surface area (Å²) in [5, 5.41) is 17.4. The van der Waals surface area contributed by atoms with Crippen LogP contribution in [0.5, 0.6) is 0 Å². The third-order valence-corrected chi connectivity index (χ3v) is 2.38. The molecule has 8 nitrogen and oxygen atoms in total. The predicted molar refractivity (Wildman–Crippen MR) is 64.3 cm³/mol. The van der Waals surface area contributed by atoms with Crippen LogP contribution < -0.4 is 5.32 Å². The van der Waals surface area contributed by atoms with Gasteiger partial charge >= 0.3 is 5.82 Å². The molecule has 18 heavy (non-hydrogen) atoms. The van der Waals surface area contributed by atoms with Crippen molar-refractivity contribution in [3.8, 4) is 0 Å². The molecule has 0 bridgehead atoms. The zero-order valence-electron chi connectivity index (χ0n) is 9.99. The topological polar surface area (TPSA) is 98.8 Å². The van der Waals surface area contributed by atoms with Crippen molar-refractivity contribution < 1.29 is 4.92 Å². The molecule has 0 aliphatic carbocycles. The Balaban J connectivity index is 2.18. The van der Waals surface area contributed by atoms with E-state index in [1.165, 1.54) is 4.68 Å².